The smallest absolute Gasteiger partial charge is 0.138 e. The van der Waals surface area contributed by atoms with Crippen LogP contribution in [0.4, 0.5) is 0 Å². The van der Waals surface area contributed by atoms with E-state index in [4.69, 9.17) is 4.74 Å². The first kappa shape index (κ1) is 25.2. The fourth-order valence-electron chi connectivity index (χ4n) is 9.26. The van der Waals surface area contributed by atoms with Gasteiger partial charge >= 0.3 is 0 Å². The fraction of sp³-hybridized carbons (Fsp3) is 0.839. The van der Waals surface area contributed by atoms with Gasteiger partial charge in [0.05, 0.1) is 5.60 Å². The van der Waals surface area contributed by atoms with Crippen molar-refractivity contribution in [2.45, 2.75) is 112 Å². The zero-order valence-electron chi connectivity index (χ0n) is 23.0. The topological polar surface area (TPSA) is 26.3 Å². The van der Waals surface area contributed by atoms with Gasteiger partial charge in [0.2, 0.25) is 0 Å². The van der Waals surface area contributed by atoms with Crippen LogP contribution in [0.2, 0.25) is 0 Å². The van der Waals surface area contributed by atoms with Crippen LogP contribution in [0.5, 0.6) is 0 Å². The van der Waals surface area contributed by atoms with E-state index in [0.717, 1.165) is 31.6 Å². The molecule has 0 aliphatic heterocycles. The molecule has 0 amide bonds. The van der Waals surface area contributed by atoms with Gasteiger partial charge in [0.1, 0.15) is 5.78 Å². The van der Waals surface area contributed by atoms with Crippen LogP contribution in [0.1, 0.15) is 107 Å². The van der Waals surface area contributed by atoms with Crippen molar-refractivity contribution < 1.29 is 9.53 Å². The second-order valence-corrected chi connectivity index (χ2v) is 14.0. The Hall–Kier alpha value is -0.890. The Bertz CT molecular complexity index is 847. The van der Waals surface area contributed by atoms with Crippen LogP contribution >= 0.6 is 0 Å². The van der Waals surface area contributed by atoms with E-state index in [9.17, 15) is 4.79 Å². The molecular formula is C31H50O2. The predicted octanol–water partition coefficient (Wildman–Crippen LogP) is 8.17. The van der Waals surface area contributed by atoms with Gasteiger partial charge in [-0.05, 0) is 98.7 Å². The Morgan fingerprint density at radius 1 is 1.12 bits per heavy atom. The first-order chi connectivity index (χ1) is 15.2. The van der Waals surface area contributed by atoms with Crippen LogP contribution < -0.4 is 0 Å². The number of allylic oxidation sites excluding steroid dienone is 3. The van der Waals surface area contributed by atoms with Gasteiger partial charge in [-0.2, -0.15) is 0 Å². The summed E-state index contributed by atoms with van der Waals surface area (Å²) >= 11 is 0. The minimum Gasteiger partial charge on any atom is -0.375 e. The molecule has 0 radical (unpaired) electrons. The quantitative estimate of drug-likeness (QED) is 0.392. The van der Waals surface area contributed by atoms with Crippen LogP contribution in [0.3, 0.4) is 0 Å². The van der Waals surface area contributed by atoms with Gasteiger partial charge in [0.25, 0.3) is 0 Å². The van der Waals surface area contributed by atoms with Crippen molar-refractivity contribution >= 4 is 5.78 Å². The standard InChI is InChI=1S/C31H50O2/c1-21(11-10-17-27(2,3)33-9)22-14-19-31(8)24-12-13-25-28(4,5)26(32)16-18-29(25,6)23(24)15-20-30(22,31)7/h10,12,17,21-23,25H,11,13-16,18-20H2,1-9H3/b17-10+/t21-,22-,23-,25-,29+,30-,31+/m0/s1. The first-order valence-corrected chi connectivity index (χ1v) is 13.7. The highest BCUT2D eigenvalue weighted by Crippen LogP contribution is 2.73. The second kappa shape index (κ2) is 8.07. The number of carbonyl (C=O) groups excluding carboxylic acids is 1. The van der Waals surface area contributed by atoms with E-state index in [1.807, 2.05) is 0 Å². The Labute approximate surface area is 204 Å². The summed E-state index contributed by atoms with van der Waals surface area (Å²) in [6.07, 6.45) is 16.7. The molecule has 0 unspecified atom stereocenters. The zero-order chi connectivity index (χ0) is 24.4. The largest absolute Gasteiger partial charge is 0.375 e. The molecule has 0 aromatic rings. The van der Waals surface area contributed by atoms with E-state index in [1.165, 1.54) is 25.7 Å². The van der Waals surface area contributed by atoms with E-state index in [-0.39, 0.29) is 16.4 Å². The van der Waals surface area contributed by atoms with E-state index in [1.54, 1.807) is 12.7 Å². The Morgan fingerprint density at radius 2 is 1.82 bits per heavy atom. The Kier molecular flexibility index (Phi) is 6.17. The molecule has 4 aliphatic rings. The Balaban J connectivity index is 1.60. The molecule has 0 spiro atoms. The number of Topliss-reactive ketones (excluding diaryl/α,β-unsaturated/α-hetero) is 1. The number of hydrogen-bond donors (Lipinski definition) is 0. The third kappa shape index (κ3) is 3.64. The first-order valence-electron chi connectivity index (χ1n) is 13.7. The molecule has 4 rings (SSSR count). The molecule has 3 saturated carbocycles. The average Bonchev–Trinajstić information content (AvgIpc) is 3.02. The molecule has 0 saturated heterocycles. The normalized spacial score (nSPS) is 43.6. The maximum Gasteiger partial charge on any atom is 0.138 e. The molecule has 0 aromatic carbocycles. The highest BCUT2D eigenvalue weighted by atomic mass is 16.5. The predicted molar refractivity (Wildman–Crippen MR) is 138 cm³/mol. The highest BCUT2D eigenvalue weighted by molar-refractivity contribution is 5.85. The summed E-state index contributed by atoms with van der Waals surface area (Å²) in [6, 6.07) is 0. The molecule has 7 atom stereocenters. The lowest BCUT2D eigenvalue weighted by molar-refractivity contribution is -0.146. The van der Waals surface area contributed by atoms with E-state index in [0.29, 0.717) is 34.4 Å². The van der Waals surface area contributed by atoms with E-state index in [2.05, 4.69) is 73.6 Å². The number of carbonyl (C=O) groups is 1. The summed E-state index contributed by atoms with van der Waals surface area (Å²) in [5.41, 5.74) is 2.40. The van der Waals surface area contributed by atoms with Crippen molar-refractivity contribution in [1.82, 2.24) is 0 Å². The molecule has 0 N–H and O–H groups in total. The van der Waals surface area contributed by atoms with Crippen LogP contribution in [0.15, 0.2) is 23.8 Å². The highest BCUT2D eigenvalue weighted by Gasteiger charge is 2.65. The second-order valence-electron chi connectivity index (χ2n) is 14.0. The van der Waals surface area contributed by atoms with Gasteiger partial charge in [-0.25, -0.2) is 0 Å². The number of hydrogen-bond acceptors (Lipinski definition) is 2. The average molecular weight is 455 g/mol. The molecule has 0 bridgehead atoms. The third-order valence-electron chi connectivity index (χ3n) is 11.9. The molecule has 186 valence electrons. The number of ether oxygens (including phenoxy) is 1. The molecule has 4 aliphatic carbocycles. The lowest BCUT2D eigenvalue weighted by Crippen LogP contribution is -2.57. The van der Waals surface area contributed by atoms with Crippen molar-refractivity contribution in [3.05, 3.63) is 23.8 Å². The molecule has 0 aromatic heterocycles. The lowest BCUT2D eigenvalue weighted by atomic mass is 9.41. The van der Waals surface area contributed by atoms with Crippen molar-refractivity contribution in [3.63, 3.8) is 0 Å². The van der Waals surface area contributed by atoms with Crippen LogP contribution in [-0.4, -0.2) is 18.5 Å². The monoisotopic (exact) mass is 454 g/mol. The number of rotatable bonds is 5. The summed E-state index contributed by atoms with van der Waals surface area (Å²) < 4.78 is 5.58. The SMILES string of the molecule is COC(C)(C)/C=C/C[C@H](C)[C@@H]1CC[C@]2(C)C3=CC[C@H]4C(C)(C)C(=O)CC[C@]4(C)[C@H]3CC[C@@]12C. The van der Waals surface area contributed by atoms with Crippen LogP contribution in [0, 0.1) is 45.3 Å². The minimum atomic E-state index is -0.181. The van der Waals surface area contributed by atoms with E-state index >= 15 is 0 Å². The zero-order valence-corrected chi connectivity index (χ0v) is 23.0. The van der Waals surface area contributed by atoms with Gasteiger partial charge in [-0.15, -0.1) is 0 Å². The maximum absolute atomic E-state index is 12.8. The van der Waals surface area contributed by atoms with Gasteiger partial charge in [0, 0.05) is 18.9 Å². The van der Waals surface area contributed by atoms with Gasteiger partial charge in [-0.1, -0.05) is 65.3 Å². The summed E-state index contributed by atoms with van der Waals surface area (Å²) in [5.74, 6) is 3.12. The molecule has 2 heteroatoms. The summed E-state index contributed by atoms with van der Waals surface area (Å²) in [6.45, 7) is 19.0. The van der Waals surface area contributed by atoms with Crippen molar-refractivity contribution in [2.75, 3.05) is 7.11 Å². The Morgan fingerprint density at radius 3 is 2.48 bits per heavy atom. The van der Waals surface area contributed by atoms with Crippen LogP contribution in [0.25, 0.3) is 0 Å². The molecular weight excluding hydrogens is 404 g/mol. The fourth-order valence-corrected chi connectivity index (χ4v) is 9.26. The minimum absolute atomic E-state index is 0.175. The number of fused-ring (bicyclic) bond motifs is 5. The summed E-state index contributed by atoms with van der Waals surface area (Å²) in [7, 11) is 1.79. The summed E-state index contributed by atoms with van der Waals surface area (Å²) in [4.78, 5) is 12.8. The lowest BCUT2D eigenvalue weighted by Gasteiger charge is -2.63. The van der Waals surface area contributed by atoms with Crippen molar-refractivity contribution in [3.8, 4) is 0 Å². The van der Waals surface area contributed by atoms with Gasteiger partial charge in [0.15, 0.2) is 0 Å². The van der Waals surface area contributed by atoms with Gasteiger partial charge in [-0.3, -0.25) is 4.79 Å². The molecule has 0 heterocycles. The van der Waals surface area contributed by atoms with E-state index < -0.39 is 0 Å². The van der Waals surface area contributed by atoms with Crippen molar-refractivity contribution in [1.29, 1.82) is 0 Å². The molecule has 2 nitrogen and oxygen atoms in total. The molecule has 3 fully saturated rings. The summed E-state index contributed by atoms with van der Waals surface area (Å²) in [5, 5.41) is 0. The van der Waals surface area contributed by atoms with Crippen LogP contribution in [-0.2, 0) is 9.53 Å². The number of ketones is 1. The third-order valence-corrected chi connectivity index (χ3v) is 11.9. The van der Waals surface area contributed by atoms with Crippen molar-refractivity contribution in [2.24, 2.45) is 45.3 Å². The van der Waals surface area contributed by atoms with Gasteiger partial charge < -0.3 is 4.74 Å². The molecule has 33 heavy (non-hydrogen) atoms. The number of methoxy groups -OCH3 is 1. The maximum atomic E-state index is 12.8.